The number of carbonyl (C=O) groups excluding carboxylic acids is 1. The molecule has 3 nitrogen and oxygen atoms in total. The number of amides is 1. The first kappa shape index (κ1) is 12.0. The van der Waals surface area contributed by atoms with E-state index in [4.69, 9.17) is 17.3 Å². The highest BCUT2D eigenvalue weighted by Gasteiger charge is 2.50. The van der Waals surface area contributed by atoms with Gasteiger partial charge >= 0.3 is 0 Å². The van der Waals surface area contributed by atoms with Crippen LogP contribution in [0.3, 0.4) is 0 Å². The molecule has 1 amide bonds. The summed E-state index contributed by atoms with van der Waals surface area (Å²) in [5.74, 6) is 0.102. The lowest BCUT2D eigenvalue weighted by atomic mass is 10.0. The minimum Gasteiger partial charge on any atom is -0.334 e. The number of likely N-dealkylation sites (tertiary alicyclic amines) is 1. The number of halogens is 1. The number of rotatable bonds is 2. The van der Waals surface area contributed by atoms with Crippen molar-refractivity contribution in [3.05, 3.63) is 34.9 Å². The molecule has 1 aromatic rings. The molecule has 1 aliphatic heterocycles. The summed E-state index contributed by atoms with van der Waals surface area (Å²) in [7, 11) is 0. The van der Waals surface area contributed by atoms with Crippen LogP contribution in [0.5, 0.6) is 0 Å². The molecule has 0 spiro atoms. The number of carbonyl (C=O) groups is 1. The van der Waals surface area contributed by atoms with Crippen molar-refractivity contribution >= 4 is 17.5 Å². The van der Waals surface area contributed by atoms with E-state index in [9.17, 15) is 4.79 Å². The molecule has 1 unspecified atom stereocenters. The van der Waals surface area contributed by atoms with Crippen LogP contribution >= 0.6 is 11.6 Å². The summed E-state index contributed by atoms with van der Waals surface area (Å²) in [4.78, 5) is 14.3. The molecule has 18 heavy (non-hydrogen) atoms. The normalized spacial score (nSPS) is 25.2. The van der Waals surface area contributed by atoms with Crippen molar-refractivity contribution in [2.24, 2.45) is 5.73 Å². The molecule has 1 heterocycles. The Kier molecular flexibility index (Phi) is 2.83. The van der Waals surface area contributed by atoms with Crippen molar-refractivity contribution in [2.75, 3.05) is 6.54 Å². The molecule has 1 saturated heterocycles. The van der Waals surface area contributed by atoms with Crippen LogP contribution in [0.25, 0.3) is 0 Å². The van der Waals surface area contributed by atoms with Crippen LogP contribution in [0.1, 0.15) is 37.3 Å². The smallest absolute Gasteiger partial charge is 0.243 e. The Bertz CT molecular complexity index is 484. The first-order chi connectivity index (χ1) is 8.62. The molecule has 1 aliphatic carbocycles. The van der Waals surface area contributed by atoms with Gasteiger partial charge in [-0.2, -0.15) is 0 Å². The molecule has 0 bridgehead atoms. The lowest BCUT2D eigenvalue weighted by Gasteiger charge is -2.28. The lowest BCUT2D eigenvalue weighted by Crippen LogP contribution is -2.45. The maximum absolute atomic E-state index is 12.4. The highest BCUT2D eigenvalue weighted by molar-refractivity contribution is 6.31. The standard InChI is InChI=1S/C14H17ClN2O/c15-11-5-2-1-4-10(11)12-6-3-9-17(12)13(18)14(16)7-8-14/h1-2,4-5,12H,3,6-9,16H2. The second-order valence-corrected chi connectivity index (χ2v) is 5.74. The molecule has 2 fully saturated rings. The lowest BCUT2D eigenvalue weighted by molar-refractivity contribution is -0.134. The zero-order chi connectivity index (χ0) is 12.8. The van der Waals surface area contributed by atoms with Crippen LogP contribution in [0.4, 0.5) is 0 Å². The molecule has 1 saturated carbocycles. The fourth-order valence-electron chi connectivity index (χ4n) is 2.71. The molecule has 3 rings (SSSR count). The fraction of sp³-hybridized carbons (Fsp3) is 0.500. The monoisotopic (exact) mass is 264 g/mol. The summed E-state index contributed by atoms with van der Waals surface area (Å²) in [5.41, 5.74) is 6.49. The van der Waals surface area contributed by atoms with Gasteiger partial charge < -0.3 is 10.6 Å². The summed E-state index contributed by atoms with van der Waals surface area (Å²) in [6, 6.07) is 7.88. The third-order valence-corrected chi connectivity index (χ3v) is 4.34. The molecule has 1 aromatic carbocycles. The van der Waals surface area contributed by atoms with Crippen molar-refractivity contribution in [1.82, 2.24) is 4.90 Å². The van der Waals surface area contributed by atoms with Crippen molar-refractivity contribution in [3.8, 4) is 0 Å². The summed E-state index contributed by atoms with van der Waals surface area (Å²) in [5, 5.41) is 0.740. The molecule has 2 N–H and O–H groups in total. The maximum atomic E-state index is 12.4. The zero-order valence-corrected chi connectivity index (χ0v) is 11.0. The van der Waals surface area contributed by atoms with Gasteiger partial charge in [0, 0.05) is 11.6 Å². The van der Waals surface area contributed by atoms with Gasteiger partial charge in [-0.15, -0.1) is 0 Å². The number of hydrogen-bond donors (Lipinski definition) is 1. The van der Waals surface area contributed by atoms with E-state index in [-0.39, 0.29) is 11.9 Å². The van der Waals surface area contributed by atoms with Gasteiger partial charge in [0.15, 0.2) is 0 Å². The first-order valence-corrected chi connectivity index (χ1v) is 6.84. The van der Waals surface area contributed by atoms with Crippen LogP contribution in [0, 0.1) is 0 Å². The van der Waals surface area contributed by atoms with Gasteiger partial charge in [-0.05, 0) is 37.3 Å². The third-order valence-electron chi connectivity index (χ3n) is 3.99. The molecule has 96 valence electrons. The van der Waals surface area contributed by atoms with Gasteiger partial charge in [-0.3, -0.25) is 4.79 Å². The van der Waals surface area contributed by atoms with Crippen molar-refractivity contribution < 1.29 is 4.79 Å². The van der Waals surface area contributed by atoms with Gasteiger partial charge in [-0.25, -0.2) is 0 Å². The quantitative estimate of drug-likeness (QED) is 0.892. The second-order valence-electron chi connectivity index (χ2n) is 5.33. The van der Waals surface area contributed by atoms with Gasteiger partial charge in [0.2, 0.25) is 5.91 Å². The predicted molar refractivity (Wildman–Crippen MR) is 71.3 cm³/mol. The van der Waals surface area contributed by atoms with Crippen LogP contribution in [-0.2, 0) is 4.79 Å². The van der Waals surface area contributed by atoms with Crippen LogP contribution < -0.4 is 5.73 Å². The van der Waals surface area contributed by atoms with Crippen molar-refractivity contribution in [2.45, 2.75) is 37.3 Å². The minimum atomic E-state index is -0.580. The van der Waals surface area contributed by atoms with E-state index in [0.29, 0.717) is 0 Å². The Hall–Kier alpha value is -1.06. The first-order valence-electron chi connectivity index (χ1n) is 6.46. The minimum absolute atomic E-state index is 0.102. The number of hydrogen-bond acceptors (Lipinski definition) is 2. The summed E-state index contributed by atoms with van der Waals surface area (Å²) in [6.45, 7) is 0.799. The van der Waals surface area contributed by atoms with Gasteiger partial charge in [0.1, 0.15) is 0 Å². The zero-order valence-electron chi connectivity index (χ0n) is 10.2. The Morgan fingerprint density at radius 2 is 2.11 bits per heavy atom. The van der Waals surface area contributed by atoms with Crippen LogP contribution in [0.15, 0.2) is 24.3 Å². The Morgan fingerprint density at radius 3 is 2.78 bits per heavy atom. The summed E-state index contributed by atoms with van der Waals surface area (Å²) >= 11 is 6.23. The van der Waals surface area contributed by atoms with Crippen molar-refractivity contribution in [3.63, 3.8) is 0 Å². The average Bonchev–Trinajstić information content (AvgIpc) is 2.94. The number of nitrogens with two attached hydrogens (primary N) is 1. The molecular formula is C14H17ClN2O. The van der Waals surface area contributed by atoms with Gasteiger partial charge in [-0.1, -0.05) is 29.8 Å². The highest BCUT2D eigenvalue weighted by Crippen LogP contribution is 2.41. The highest BCUT2D eigenvalue weighted by atomic mass is 35.5. The SMILES string of the molecule is NC1(C(=O)N2CCCC2c2ccccc2Cl)CC1. The molecule has 1 atom stereocenters. The number of benzene rings is 1. The Morgan fingerprint density at radius 1 is 1.39 bits per heavy atom. The van der Waals surface area contributed by atoms with E-state index in [1.54, 1.807) is 0 Å². The topological polar surface area (TPSA) is 46.3 Å². The van der Waals surface area contributed by atoms with Gasteiger partial charge in [0.25, 0.3) is 0 Å². The van der Waals surface area contributed by atoms with E-state index in [2.05, 4.69) is 0 Å². The van der Waals surface area contributed by atoms with Gasteiger partial charge in [0.05, 0.1) is 11.6 Å². The molecule has 2 aliphatic rings. The summed E-state index contributed by atoms with van der Waals surface area (Å²) < 4.78 is 0. The predicted octanol–water partition coefficient (Wildman–Crippen LogP) is 2.49. The van der Waals surface area contributed by atoms with E-state index in [1.807, 2.05) is 29.2 Å². The molecule has 0 aromatic heterocycles. The van der Waals surface area contributed by atoms with E-state index in [1.165, 1.54) is 0 Å². The number of nitrogens with zero attached hydrogens (tertiary/aromatic N) is 1. The van der Waals surface area contributed by atoms with E-state index in [0.717, 1.165) is 42.8 Å². The van der Waals surface area contributed by atoms with E-state index >= 15 is 0 Å². The van der Waals surface area contributed by atoms with Crippen molar-refractivity contribution in [1.29, 1.82) is 0 Å². The van der Waals surface area contributed by atoms with Crippen LogP contribution in [-0.4, -0.2) is 22.9 Å². The Balaban J connectivity index is 1.88. The third kappa shape index (κ3) is 1.91. The second kappa shape index (κ2) is 4.25. The van der Waals surface area contributed by atoms with Crippen LogP contribution in [0.2, 0.25) is 5.02 Å². The fourth-order valence-corrected chi connectivity index (χ4v) is 2.97. The molecule has 0 radical (unpaired) electrons. The molecule has 4 heteroatoms. The average molecular weight is 265 g/mol. The largest absolute Gasteiger partial charge is 0.334 e. The summed E-state index contributed by atoms with van der Waals surface area (Å²) in [6.07, 6.45) is 3.64. The van der Waals surface area contributed by atoms with E-state index < -0.39 is 5.54 Å². The maximum Gasteiger partial charge on any atom is 0.243 e. The molecular weight excluding hydrogens is 248 g/mol. The Labute approximate surface area is 112 Å².